The first-order valence-electron chi connectivity index (χ1n) is 6.89. The molecule has 1 aromatic heterocycles. The average molecular weight is 318 g/mol. The predicted octanol–water partition coefficient (Wildman–Crippen LogP) is 2.15. The third kappa shape index (κ3) is 4.98. The van der Waals surface area contributed by atoms with Crippen molar-refractivity contribution in [3.05, 3.63) is 52.0 Å². The van der Waals surface area contributed by atoms with Crippen LogP contribution in [0.25, 0.3) is 6.08 Å². The molecule has 5 nitrogen and oxygen atoms in total. The number of para-hydroxylation sites is 1. The summed E-state index contributed by atoms with van der Waals surface area (Å²) in [5, 5.41) is 12.6. The topological polar surface area (TPSA) is 71.5 Å². The molecule has 2 N–H and O–H groups in total. The Labute approximate surface area is 133 Å². The van der Waals surface area contributed by atoms with Gasteiger partial charge in [0.05, 0.1) is 11.6 Å². The van der Waals surface area contributed by atoms with Crippen LogP contribution in [-0.4, -0.2) is 29.2 Å². The smallest absolute Gasteiger partial charge is 0.244 e. The second kappa shape index (κ2) is 8.31. The van der Waals surface area contributed by atoms with E-state index in [-0.39, 0.29) is 19.1 Å². The van der Waals surface area contributed by atoms with Crippen molar-refractivity contribution < 1.29 is 14.6 Å². The molecule has 0 aliphatic heterocycles. The number of amides is 1. The van der Waals surface area contributed by atoms with Gasteiger partial charge < -0.3 is 15.2 Å². The number of rotatable bonds is 7. The molecule has 0 aliphatic rings. The van der Waals surface area contributed by atoms with Crippen molar-refractivity contribution in [2.75, 3.05) is 13.2 Å². The Kier molecular flexibility index (Phi) is 6.12. The zero-order valence-corrected chi connectivity index (χ0v) is 13.1. The van der Waals surface area contributed by atoms with Crippen LogP contribution in [0.3, 0.4) is 0 Å². The van der Waals surface area contributed by atoms with Crippen LogP contribution in [0.15, 0.2) is 36.5 Å². The van der Waals surface area contributed by atoms with Crippen molar-refractivity contribution in [1.29, 1.82) is 0 Å². The second-order valence-corrected chi connectivity index (χ2v) is 5.78. The SMILES string of the molecule is Cc1ncc(/C=C/C(=O)NCc2ccccc2OCCO)s1. The molecule has 0 saturated heterocycles. The summed E-state index contributed by atoms with van der Waals surface area (Å²) in [4.78, 5) is 16.9. The summed E-state index contributed by atoms with van der Waals surface area (Å²) in [6, 6.07) is 7.42. The van der Waals surface area contributed by atoms with Gasteiger partial charge in [-0.1, -0.05) is 18.2 Å². The second-order valence-electron chi connectivity index (χ2n) is 4.51. The number of hydrogen-bond acceptors (Lipinski definition) is 5. The minimum absolute atomic E-state index is 0.0440. The number of aliphatic hydroxyl groups excluding tert-OH is 1. The number of aryl methyl sites for hydroxylation is 1. The van der Waals surface area contributed by atoms with E-state index in [2.05, 4.69) is 10.3 Å². The number of nitrogens with zero attached hydrogens (tertiary/aromatic N) is 1. The van der Waals surface area contributed by atoms with Gasteiger partial charge in [-0.05, 0) is 19.1 Å². The lowest BCUT2D eigenvalue weighted by Crippen LogP contribution is -2.20. The molecule has 1 heterocycles. The summed E-state index contributed by atoms with van der Waals surface area (Å²) in [5.74, 6) is 0.488. The standard InChI is InChI=1S/C16H18N2O3S/c1-12-17-11-14(22-12)6-7-16(20)18-10-13-4-2-3-5-15(13)21-9-8-19/h2-7,11,19H,8-10H2,1H3,(H,18,20)/b7-6+. The fraction of sp³-hybridized carbons (Fsp3) is 0.250. The van der Waals surface area contributed by atoms with Crippen LogP contribution in [0, 0.1) is 6.92 Å². The van der Waals surface area contributed by atoms with Crippen molar-refractivity contribution in [2.24, 2.45) is 0 Å². The Balaban J connectivity index is 1.89. The molecule has 116 valence electrons. The van der Waals surface area contributed by atoms with Gasteiger partial charge in [-0.2, -0.15) is 0 Å². The van der Waals surface area contributed by atoms with Crippen molar-refractivity contribution >= 4 is 23.3 Å². The van der Waals surface area contributed by atoms with E-state index in [0.29, 0.717) is 12.3 Å². The zero-order valence-electron chi connectivity index (χ0n) is 12.3. The quantitative estimate of drug-likeness (QED) is 0.767. The number of ether oxygens (including phenoxy) is 1. The molecular weight excluding hydrogens is 300 g/mol. The molecule has 0 atom stereocenters. The highest BCUT2D eigenvalue weighted by molar-refractivity contribution is 7.12. The molecule has 1 amide bonds. The van der Waals surface area contributed by atoms with Crippen LogP contribution < -0.4 is 10.1 Å². The van der Waals surface area contributed by atoms with Crippen molar-refractivity contribution in [1.82, 2.24) is 10.3 Å². The highest BCUT2D eigenvalue weighted by atomic mass is 32.1. The molecule has 0 unspecified atom stereocenters. The van der Waals surface area contributed by atoms with Crippen molar-refractivity contribution in [3.8, 4) is 5.75 Å². The van der Waals surface area contributed by atoms with Crippen molar-refractivity contribution in [2.45, 2.75) is 13.5 Å². The predicted molar refractivity (Wildman–Crippen MR) is 86.8 cm³/mol. The monoisotopic (exact) mass is 318 g/mol. The molecule has 0 saturated carbocycles. The first-order chi connectivity index (χ1) is 10.7. The number of aromatic nitrogens is 1. The van der Waals surface area contributed by atoms with E-state index in [0.717, 1.165) is 15.4 Å². The first-order valence-corrected chi connectivity index (χ1v) is 7.70. The number of carbonyl (C=O) groups excluding carboxylic acids is 1. The maximum Gasteiger partial charge on any atom is 0.244 e. The minimum atomic E-state index is -0.178. The van der Waals surface area contributed by atoms with Gasteiger partial charge in [0.2, 0.25) is 5.91 Å². The Bertz CT molecular complexity index is 652. The average Bonchev–Trinajstić information content (AvgIpc) is 2.95. The summed E-state index contributed by atoms with van der Waals surface area (Å²) >= 11 is 1.53. The van der Waals surface area contributed by atoms with Gasteiger partial charge in [0.15, 0.2) is 0 Å². The summed E-state index contributed by atoms with van der Waals surface area (Å²) in [6.45, 7) is 2.48. The molecule has 2 rings (SSSR count). The number of thiazole rings is 1. The number of carbonyl (C=O) groups is 1. The van der Waals surface area contributed by atoms with E-state index in [1.807, 2.05) is 31.2 Å². The van der Waals surface area contributed by atoms with Crippen LogP contribution >= 0.6 is 11.3 Å². The minimum Gasteiger partial charge on any atom is -0.491 e. The van der Waals surface area contributed by atoms with Crippen LogP contribution in [-0.2, 0) is 11.3 Å². The zero-order chi connectivity index (χ0) is 15.8. The van der Waals surface area contributed by atoms with Crippen LogP contribution in [0.2, 0.25) is 0 Å². The van der Waals surface area contributed by atoms with Crippen LogP contribution in [0.5, 0.6) is 5.75 Å². The van der Waals surface area contributed by atoms with Gasteiger partial charge in [0, 0.05) is 29.3 Å². The van der Waals surface area contributed by atoms with E-state index in [4.69, 9.17) is 9.84 Å². The molecule has 0 radical (unpaired) electrons. The summed E-state index contributed by atoms with van der Waals surface area (Å²) in [6.07, 6.45) is 4.97. The van der Waals surface area contributed by atoms with Crippen molar-refractivity contribution in [3.63, 3.8) is 0 Å². The number of nitrogens with one attached hydrogen (secondary N) is 1. The van der Waals surface area contributed by atoms with Crippen LogP contribution in [0.1, 0.15) is 15.4 Å². The highest BCUT2D eigenvalue weighted by Crippen LogP contribution is 2.17. The number of aliphatic hydroxyl groups is 1. The Morgan fingerprint density at radius 1 is 1.45 bits per heavy atom. The maximum absolute atomic E-state index is 11.8. The number of hydrogen-bond donors (Lipinski definition) is 2. The molecule has 2 aromatic rings. The Morgan fingerprint density at radius 3 is 3.00 bits per heavy atom. The van der Waals surface area contributed by atoms with Gasteiger partial charge in [-0.25, -0.2) is 4.98 Å². The van der Waals surface area contributed by atoms with Gasteiger partial charge in [0.1, 0.15) is 12.4 Å². The summed E-state index contributed by atoms with van der Waals surface area (Å²) in [7, 11) is 0. The third-order valence-electron chi connectivity index (χ3n) is 2.81. The van der Waals surface area contributed by atoms with Gasteiger partial charge in [0.25, 0.3) is 0 Å². The number of benzene rings is 1. The highest BCUT2D eigenvalue weighted by Gasteiger charge is 2.04. The summed E-state index contributed by atoms with van der Waals surface area (Å²) < 4.78 is 5.42. The molecule has 6 heteroatoms. The van der Waals surface area contributed by atoms with E-state index >= 15 is 0 Å². The molecule has 0 spiro atoms. The lowest BCUT2D eigenvalue weighted by Gasteiger charge is -2.10. The lowest BCUT2D eigenvalue weighted by atomic mass is 10.2. The summed E-state index contributed by atoms with van der Waals surface area (Å²) in [5.41, 5.74) is 0.867. The van der Waals surface area contributed by atoms with Crippen LogP contribution in [0.4, 0.5) is 0 Å². The molecule has 0 bridgehead atoms. The Hall–Kier alpha value is -2.18. The third-order valence-corrected chi connectivity index (χ3v) is 3.69. The van der Waals surface area contributed by atoms with E-state index in [9.17, 15) is 4.79 Å². The maximum atomic E-state index is 11.8. The van der Waals surface area contributed by atoms with Gasteiger partial charge in [-0.15, -0.1) is 11.3 Å². The lowest BCUT2D eigenvalue weighted by molar-refractivity contribution is -0.116. The normalized spacial score (nSPS) is 10.8. The van der Waals surface area contributed by atoms with E-state index in [1.54, 1.807) is 12.3 Å². The molecule has 22 heavy (non-hydrogen) atoms. The van der Waals surface area contributed by atoms with Gasteiger partial charge in [-0.3, -0.25) is 4.79 Å². The van der Waals surface area contributed by atoms with Gasteiger partial charge >= 0.3 is 0 Å². The van der Waals surface area contributed by atoms with E-state index < -0.39 is 0 Å². The molecule has 0 aliphatic carbocycles. The Morgan fingerprint density at radius 2 is 2.27 bits per heavy atom. The molecule has 0 fully saturated rings. The van der Waals surface area contributed by atoms with E-state index in [1.165, 1.54) is 17.4 Å². The fourth-order valence-corrected chi connectivity index (χ4v) is 2.49. The molecule has 1 aromatic carbocycles. The molecular formula is C16H18N2O3S. The first kappa shape index (κ1) is 16.2. The fourth-order valence-electron chi connectivity index (χ4n) is 1.80. The largest absolute Gasteiger partial charge is 0.491 e.